The molecule has 0 spiro atoms. The normalized spacial score (nSPS) is 40.4. The Morgan fingerprint density at radius 3 is 2.33 bits per heavy atom. The first-order chi connectivity index (χ1) is 19.8. The van der Waals surface area contributed by atoms with Crippen molar-refractivity contribution in [1.29, 1.82) is 0 Å². The van der Waals surface area contributed by atoms with E-state index in [0.29, 0.717) is 48.0 Å². The zero-order valence-corrected chi connectivity index (χ0v) is 27.5. The molecule has 42 heavy (non-hydrogen) atoms. The third-order valence-corrected chi connectivity index (χ3v) is 13.2. The van der Waals surface area contributed by atoms with Gasteiger partial charge in [-0.1, -0.05) is 67.0 Å². The lowest BCUT2D eigenvalue weighted by atomic mass is 9.41. The minimum absolute atomic E-state index is 0.0840. The molecular formula is C37H59NO4. The lowest BCUT2D eigenvalue weighted by Gasteiger charge is -2.64. The van der Waals surface area contributed by atoms with Crippen molar-refractivity contribution in [2.24, 2.45) is 52.3 Å². The summed E-state index contributed by atoms with van der Waals surface area (Å²) in [6.45, 7) is 16.7. The van der Waals surface area contributed by atoms with Crippen LogP contribution in [0.25, 0.3) is 0 Å². The molecule has 0 heterocycles. The molecule has 4 fully saturated rings. The Labute approximate surface area is 255 Å². The summed E-state index contributed by atoms with van der Waals surface area (Å²) in [7, 11) is 0. The highest BCUT2D eigenvalue weighted by atomic mass is 16.5. The SMILES string of the molecule is CC[C@H]1[C@@H](O)[C@@H]2[C@H](CC[C@]3(C)C([C@H](C)CCCOC(=O)Nc4ccc(C(C)(C)C)cc4)CC[C@@H]23)[C@@]2(C)CC[C@@H](O)C[C@@H]12. The van der Waals surface area contributed by atoms with E-state index in [4.69, 9.17) is 4.74 Å². The largest absolute Gasteiger partial charge is 0.449 e. The van der Waals surface area contributed by atoms with Gasteiger partial charge in [0.05, 0.1) is 18.8 Å². The number of amides is 1. The average Bonchev–Trinajstić information content (AvgIpc) is 3.29. The van der Waals surface area contributed by atoms with Gasteiger partial charge in [-0.25, -0.2) is 4.79 Å². The summed E-state index contributed by atoms with van der Waals surface area (Å²) >= 11 is 0. The Bertz CT molecular complexity index is 1080. The molecule has 4 aliphatic carbocycles. The van der Waals surface area contributed by atoms with Gasteiger partial charge in [-0.3, -0.25) is 5.32 Å². The van der Waals surface area contributed by atoms with Crippen molar-refractivity contribution in [3.63, 3.8) is 0 Å². The third kappa shape index (κ3) is 5.78. The molecule has 1 unspecified atom stereocenters. The van der Waals surface area contributed by atoms with Gasteiger partial charge in [-0.2, -0.15) is 0 Å². The summed E-state index contributed by atoms with van der Waals surface area (Å²) in [5.74, 6) is 3.55. The highest BCUT2D eigenvalue weighted by Gasteiger charge is 2.64. The molecule has 5 heteroatoms. The fourth-order valence-corrected chi connectivity index (χ4v) is 10.9. The summed E-state index contributed by atoms with van der Waals surface area (Å²) < 4.78 is 5.57. The number of ether oxygens (including phenoxy) is 1. The fraction of sp³-hybridized carbons (Fsp3) is 0.811. The summed E-state index contributed by atoms with van der Waals surface area (Å²) in [5, 5.41) is 25.4. The van der Waals surface area contributed by atoms with Crippen molar-refractivity contribution < 1.29 is 19.7 Å². The topological polar surface area (TPSA) is 78.8 Å². The zero-order chi connectivity index (χ0) is 30.4. The molecule has 0 radical (unpaired) electrons. The summed E-state index contributed by atoms with van der Waals surface area (Å²) in [6.07, 6.45) is 10.0. The molecule has 1 aromatic rings. The van der Waals surface area contributed by atoms with Crippen LogP contribution >= 0.6 is 0 Å². The quantitative estimate of drug-likeness (QED) is 0.282. The number of benzene rings is 1. The monoisotopic (exact) mass is 581 g/mol. The van der Waals surface area contributed by atoms with E-state index >= 15 is 0 Å². The Morgan fingerprint density at radius 1 is 1.00 bits per heavy atom. The number of nitrogens with one attached hydrogen (secondary N) is 1. The van der Waals surface area contributed by atoms with Crippen LogP contribution < -0.4 is 5.32 Å². The first-order valence-corrected chi connectivity index (χ1v) is 17.2. The number of fused-ring (bicyclic) bond motifs is 5. The Kier molecular flexibility index (Phi) is 9.14. The second-order valence-corrected chi connectivity index (χ2v) is 16.3. The average molecular weight is 582 g/mol. The summed E-state index contributed by atoms with van der Waals surface area (Å²) in [6, 6.07) is 8.01. The maximum Gasteiger partial charge on any atom is 0.411 e. The van der Waals surface area contributed by atoms with E-state index in [-0.39, 0.29) is 34.5 Å². The molecule has 0 aromatic heterocycles. The molecule has 5 rings (SSSR count). The molecule has 1 amide bonds. The molecule has 0 aliphatic heterocycles. The molecule has 3 N–H and O–H groups in total. The van der Waals surface area contributed by atoms with Crippen LogP contribution in [0.5, 0.6) is 0 Å². The molecule has 0 bridgehead atoms. The molecule has 1 aromatic carbocycles. The first kappa shape index (κ1) is 31.8. The van der Waals surface area contributed by atoms with E-state index in [9.17, 15) is 15.0 Å². The predicted molar refractivity (Wildman–Crippen MR) is 170 cm³/mol. The first-order valence-electron chi connectivity index (χ1n) is 17.2. The number of carbonyl (C=O) groups excluding carboxylic acids is 1. The molecule has 5 nitrogen and oxygen atoms in total. The maximum absolute atomic E-state index is 12.4. The third-order valence-electron chi connectivity index (χ3n) is 13.2. The molecule has 0 saturated heterocycles. The number of aliphatic hydroxyl groups is 2. The van der Waals surface area contributed by atoms with E-state index in [0.717, 1.165) is 44.2 Å². The van der Waals surface area contributed by atoms with Gasteiger partial charge >= 0.3 is 6.09 Å². The summed E-state index contributed by atoms with van der Waals surface area (Å²) in [4.78, 5) is 12.4. The van der Waals surface area contributed by atoms with Crippen molar-refractivity contribution in [2.75, 3.05) is 11.9 Å². The van der Waals surface area contributed by atoms with E-state index in [1.165, 1.54) is 31.2 Å². The van der Waals surface area contributed by atoms with Crippen LogP contribution in [0.15, 0.2) is 24.3 Å². The number of carbonyl (C=O) groups is 1. The smallest absolute Gasteiger partial charge is 0.411 e. The predicted octanol–water partition coefficient (Wildman–Crippen LogP) is 8.58. The van der Waals surface area contributed by atoms with Gasteiger partial charge in [0, 0.05) is 5.69 Å². The Hall–Kier alpha value is -1.59. The van der Waals surface area contributed by atoms with Gasteiger partial charge in [0.15, 0.2) is 0 Å². The summed E-state index contributed by atoms with van der Waals surface area (Å²) in [5.41, 5.74) is 2.61. The van der Waals surface area contributed by atoms with Gasteiger partial charge in [0.1, 0.15) is 0 Å². The minimum Gasteiger partial charge on any atom is -0.449 e. The van der Waals surface area contributed by atoms with Crippen LogP contribution in [-0.2, 0) is 10.2 Å². The Morgan fingerprint density at radius 2 is 1.67 bits per heavy atom. The van der Waals surface area contributed by atoms with Crippen LogP contribution in [0.3, 0.4) is 0 Å². The van der Waals surface area contributed by atoms with Crippen LogP contribution in [0.1, 0.15) is 118 Å². The Balaban J connectivity index is 1.16. The van der Waals surface area contributed by atoms with Crippen molar-refractivity contribution >= 4 is 11.8 Å². The van der Waals surface area contributed by atoms with E-state index in [1.54, 1.807) is 0 Å². The highest BCUT2D eigenvalue weighted by Crippen LogP contribution is 2.69. The van der Waals surface area contributed by atoms with Gasteiger partial charge in [-0.15, -0.1) is 0 Å². The molecule has 4 saturated carbocycles. The van der Waals surface area contributed by atoms with Gasteiger partial charge in [0.25, 0.3) is 0 Å². The number of hydrogen-bond donors (Lipinski definition) is 3. The second kappa shape index (κ2) is 12.1. The lowest BCUT2D eigenvalue weighted by Crippen LogP contribution is -2.62. The number of hydrogen-bond acceptors (Lipinski definition) is 4. The molecule has 4 aliphatic rings. The van der Waals surface area contributed by atoms with Crippen molar-refractivity contribution in [3.05, 3.63) is 29.8 Å². The van der Waals surface area contributed by atoms with Gasteiger partial charge < -0.3 is 14.9 Å². The van der Waals surface area contributed by atoms with Crippen LogP contribution in [0.4, 0.5) is 10.5 Å². The van der Waals surface area contributed by atoms with Crippen molar-refractivity contribution in [1.82, 2.24) is 0 Å². The van der Waals surface area contributed by atoms with Gasteiger partial charge in [0.2, 0.25) is 0 Å². The van der Waals surface area contributed by atoms with Gasteiger partial charge in [-0.05, 0) is 133 Å². The van der Waals surface area contributed by atoms with Crippen molar-refractivity contribution in [2.45, 2.75) is 130 Å². The molecule has 236 valence electrons. The van der Waals surface area contributed by atoms with E-state index in [2.05, 4.69) is 65.9 Å². The van der Waals surface area contributed by atoms with Crippen molar-refractivity contribution in [3.8, 4) is 0 Å². The second-order valence-electron chi connectivity index (χ2n) is 16.3. The zero-order valence-electron chi connectivity index (χ0n) is 27.5. The maximum atomic E-state index is 12.4. The lowest BCUT2D eigenvalue weighted by molar-refractivity contribution is -0.203. The van der Waals surface area contributed by atoms with Crippen LogP contribution in [-0.4, -0.2) is 35.1 Å². The van der Waals surface area contributed by atoms with E-state index < -0.39 is 0 Å². The van der Waals surface area contributed by atoms with Crippen LogP contribution in [0, 0.1) is 52.3 Å². The standard InChI is InChI=1S/C37H59NO4/c1-8-27-31-22-26(39)17-19-37(31,7)30-18-20-36(6)28(15-16-29(36)32(30)33(27)40)23(2)10-9-21-42-34(41)38-25-13-11-24(12-14-25)35(3,4)5/h11-14,23,26-33,39-40H,8-10,15-22H2,1-7H3,(H,38,41)/t23-,26-,27-,28?,29+,30+,31+,32+,33-,36-,37-/m1/s1. The highest BCUT2D eigenvalue weighted by molar-refractivity contribution is 5.84. The number of rotatable bonds is 7. The molecule has 11 atom stereocenters. The fourth-order valence-electron chi connectivity index (χ4n) is 10.9. The van der Waals surface area contributed by atoms with E-state index in [1.807, 2.05) is 12.1 Å². The minimum atomic E-state index is -0.379. The van der Waals surface area contributed by atoms with Crippen LogP contribution in [0.2, 0.25) is 0 Å². The number of aliphatic hydroxyl groups excluding tert-OH is 2. The molecular weight excluding hydrogens is 522 g/mol. The number of anilines is 1.